The number of carbonyl (C=O) groups is 1. The van der Waals surface area contributed by atoms with Crippen molar-refractivity contribution in [2.75, 3.05) is 19.0 Å². The summed E-state index contributed by atoms with van der Waals surface area (Å²) in [6.45, 7) is 2.41. The number of aromatic nitrogens is 4. The molecule has 2 unspecified atom stereocenters. The van der Waals surface area contributed by atoms with E-state index < -0.39 is 0 Å². The lowest BCUT2D eigenvalue weighted by molar-refractivity contribution is 0.0222. The van der Waals surface area contributed by atoms with Gasteiger partial charge >= 0.3 is 0 Å². The Kier molecular flexibility index (Phi) is 6.27. The van der Waals surface area contributed by atoms with Crippen molar-refractivity contribution < 1.29 is 14.3 Å². The van der Waals surface area contributed by atoms with Crippen molar-refractivity contribution in [2.24, 2.45) is 7.05 Å². The van der Waals surface area contributed by atoms with Gasteiger partial charge in [0.25, 0.3) is 5.91 Å². The van der Waals surface area contributed by atoms with Crippen LogP contribution in [0.2, 0.25) is 0 Å². The highest BCUT2D eigenvalue weighted by molar-refractivity contribution is 6.06. The zero-order valence-corrected chi connectivity index (χ0v) is 19.8. The van der Waals surface area contributed by atoms with Gasteiger partial charge in [-0.05, 0) is 42.8 Å². The van der Waals surface area contributed by atoms with Crippen molar-refractivity contribution in [1.29, 1.82) is 0 Å². The molecular weight excluding hydrogens is 442 g/mol. The molecule has 0 radical (unpaired) electrons. The van der Waals surface area contributed by atoms with E-state index in [2.05, 4.69) is 32.2 Å². The van der Waals surface area contributed by atoms with E-state index in [1.165, 1.54) is 0 Å². The molecule has 0 fully saturated rings. The number of nitrogens with zero attached hydrogens (tertiary/aromatic N) is 4. The highest BCUT2D eigenvalue weighted by Gasteiger charge is 2.32. The fraction of sp³-hybridized carbons (Fsp3) is 0.259. The van der Waals surface area contributed by atoms with Gasteiger partial charge in [-0.1, -0.05) is 11.8 Å². The van der Waals surface area contributed by atoms with Gasteiger partial charge in [-0.15, -0.1) is 0 Å². The molecule has 176 valence electrons. The molecule has 0 aliphatic carbocycles. The Balaban J connectivity index is 1.44. The predicted molar refractivity (Wildman–Crippen MR) is 132 cm³/mol. The lowest BCUT2D eigenvalue weighted by Crippen LogP contribution is -2.11. The second-order valence-electron chi connectivity index (χ2n) is 8.46. The first-order valence-corrected chi connectivity index (χ1v) is 11.3. The Morgan fingerprint density at radius 2 is 2.09 bits per heavy atom. The summed E-state index contributed by atoms with van der Waals surface area (Å²) in [5.41, 5.74) is 5.85. The summed E-state index contributed by atoms with van der Waals surface area (Å²) in [7, 11) is 3.42. The van der Waals surface area contributed by atoms with Crippen LogP contribution >= 0.6 is 0 Å². The molecule has 35 heavy (non-hydrogen) atoms. The lowest BCUT2D eigenvalue weighted by Gasteiger charge is -2.14. The van der Waals surface area contributed by atoms with Crippen molar-refractivity contribution in [1.82, 2.24) is 19.7 Å². The molecule has 1 aliphatic rings. The number of carbonyl (C=O) groups excluding carboxylic acids is 1. The van der Waals surface area contributed by atoms with Gasteiger partial charge < -0.3 is 14.8 Å². The number of nitrogens with one attached hydrogen (secondary N) is 1. The Hall–Kier alpha value is -4.06. The molecule has 3 aromatic heterocycles. The number of anilines is 1. The summed E-state index contributed by atoms with van der Waals surface area (Å²) in [6.07, 6.45) is 7.33. The van der Waals surface area contributed by atoms with E-state index in [4.69, 9.17) is 9.47 Å². The molecule has 1 amide bonds. The fourth-order valence-corrected chi connectivity index (χ4v) is 4.30. The average molecular weight is 468 g/mol. The molecule has 4 heterocycles. The largest absolute Gasteiger partial charge is 0.372 e. The number of hydrogen-bond acceptors (Lipinski definition) is 6. The van der Waals surface area contributed by atoms with Crippen LogP contribution in [-0.4, -0.2) is 39.4 Å². The number of amides is 1. The minimum atomic E-state index is -0.201. The third kappa shape index (κ3) is 4.78. The molecule has 0 saturated carbocycles. The highest BCUT2D eigenvalue weighted by Crippen LogP contribution is 2.43. The standard InChI is InChI=1S/C27H25N5O3/c1-17-23-15-29-24-9-7-19(27(33)31-21-14-30-32(2)16-21)11-22(24)26(23)25(35-17)12-20-8-6-18(13-28-20)5-4-10-34-3/h6-9,11,13-17,25H,10,12H2,1-3H3,(H,31,33). The molecule has 5 rings (SSSR count). The second-order valence-corrected chi connectivity index (χ2v) is 8.46. The van der Waals surface area contributed by atoms with Gasteiger partial charge in [0.15, 0.2) is 0 Å². The minimum absolute atomic E-state index is 0.0982. The Morgan fingerprint density at radius 3 is 2.83 bits per heavy atom. The maximum absolute atomic E-state index is 12.9. The summed E-state index contributed by atoms with van der Waals surface area (Å²) < 4.78 is 12.9. The van der Waals surface area contributed by atoms with Crippen LogP contribution in [0.25, 0.3) is 10.9 Å². The Labute approximate surface area is 203 Å². The second kappa shape index (κ2) is 9.66. The monoisotopic (exact) mass is 467 g/mol. The SMILES string of the molecule is COCC#Cc1ccc(CC2OC(C)c3cnc4ccc(C(=O)Nc5cnn(C)c5)cc4c32)nc1. The van der Waals surface area contributed by atoms with Crippen LogP contribution in [0.3, 0.4) is 0 Å². The lowest BCUT2D eigenvalue weighted by atomic mass is 9.95. The molecule has 8 nitrogen and oxygen atoms in total. The van der Waals surface area contributed by atoms with E-state index in [9.17, 15) is 4.79 Å². The van der Waals surface area contributed by atoms with Gasteiger partial charge in [0.05, 0.1) is 29.6 Å². The van der Waals surface area contributed by atoms with Crippen LogP contribution in [0.4, 0.5) is 5.69 Å². The molecule has 0 saturated heterocycles. The molecule has 1 aromatic carbocycles. The Morgan fingerprint density at radius 1 is 1.20 bits per heavy atom. The molecule has 8 heteroatoms. The predicted octanol–water partition coefficient (Wildman–Crippen LogP) is 3.99. The molecule has 1 aliphatic heterocycles. The third-order valence-electron chi connectivity index (χ3n) is 5.96. The number of ether oxygens (including phenoxy) is 2. The van der Waals surface area contributed by atoms with Crippen molar-refractivity contribution in [2.45, 2.75) is 25.6 Å². The number of pyridine rings is 2. The van der Waals surface area contributed by atoms with E-state index in [-0.39, 0.29) is 18.1 Å². The number of aryl methyl sites for hydroxylation is 1. The van der Waals surface area contributed by atoms with Gasteiger partial charge in [0.2, 0.25) is 0 Å². The number of rotatable bonds is 5. The minimum Gasteiger partial charge on any atom is -0.372 e. The van der Waals surface area contributed by atoms with Crippen LogP contribution in [-0.2, 0) is 22.9 Å². The van der Waals surface area contributed by atoms with E-state index in [1.807, 2.05) is 37.4 Å². The van der Waals surface area contributed by atoms with Crippen LogP contribution in [0.15, 0.2) is 55.1 Å². The average Bonchev–Trinajstić information content (AvgIpc) is 3.42. The number of fused-ring (bicyclic) bond motifs is 3. The van der Waals surface area contributed by atoms with Crippen LogP contribution in [0, 0.1) is 11.8 Å². The van der Waals surface area contributed by atoms with Crippen LogP contribution in [0.5, 0.6) is 0 Å². The van der Waals surface area contributed by atoms with Crippen molar-refractivity contribution >= 4 is 22.5 Å². The molecule has 0 spiro atoms. The topological polar surface area (TPSA) is 91.2 Å². The van der Waals surface area contributed by atoms with Gasteiger partial charge in [0, 0.05) is 66.9 Å². The molecule has 0 bridgehead atoms. The number of benzene rings is 1. The van der Waals surface area contributed by atoms with E-state index in [0.29, 0.717) is 24.3 Å². The summed E-state index contributed by atoms with van der Waals surface area (Å²) in [5.74, 6) is 5.76. The highest BCUT2D eigenvalue weighted by atomic mass is 16.5. The zero-order valence-electron chi connectivity index (χ0n) is 19.8. The van der Waals surface area contributed by atoms with E-state index in [0.717, 1.165) is 33.3 Å². The molecule has 4 aromatic rings. The fourth-order valence-electron chi connectivity index (χ4n) is 4.30. The first-order valence-electron chi connectivity index (χ1n) is 11.3. The first-order chi connectivity index (χ1) is 17.0. The van der Waals surface area contributed by atoms with Crippen molar-refractivity contribution in [3.63, 3.8) is 0 Å². The van der Waals surface area contributed by atoms with Gasteiger partial charge in [-0.2, -0.15) is 5.10 Å². The normalized spacial score (nSPS) is 16.5. The number of hydrogen-bond donors (Lipinski definition) is 1. The van der Waals surface area contributed by atoms with E-state index >= 15 is 0 Å². The molecule has 1 N–H and O–H groups in total. The quantitative estimate of drug-likeness (QED) is 0.447. The summed E-state index contributed by atoms with van der Waals surface area (Å²) in [5, 5.41) is 7.91. The summed E-state index contributed by atoms with van der Waals surface area (Å²) in [6, 6.07) is 9.48. The molecule has 2 atom stereocenters. The smallest absolute Gasteiger partial charge is 0.255 e. The van der Waals surface area contributed by atoms with Gasteiger partial charge in [0.1, 0.15) is 6.61 Å². The molecular formula is C27H25N5O3. The maximum atomic E-state index is 12.9. The van der Waals surface area contributed by atoms with Crippen LogP contribution < -0.4 is 5.32 Å². The summed E-state index contributed by atoms with van der Waals surface area (Å²) >= 11 is 0. The summed E-state index contributed by atoms with van der Waals surface area (Å²) in [4.78, 5) is 22.1. The Bertz CT molecular complexity index is 1450. The first kappa shape index (κ1) is 22.7. The van der Waals surface area contributed by atoms with Gasteiger partial charge in [-0.25, -0.2) is 0 Å². The maximum Gasteiger partial charge on any atom is 0.255 e. The zero-order chi connectivity index (χ0) is 24.4. The number of methoxy groups -OCH3 is 1. The van der Waals surface area contributed by atoms with Crippen LogP contribution in [0.1, 0.15) is 51.9 Å². The van der Waals surface area contributed by atoms with Crippen molar-refractivity contribution in [3.8, 4) is 11.8 Å². The third-order valence-corrected chi connectivity index (χ3v) is 5.96. The van der Waals surface area contributed by atoms with Gasteiger partial charge in [-0.3, -0.25) is 19.4 Å². The van der Waals surface area contributed by atoms with E-state index in [1.54, 1.807) is 43.5 Å². The van der Waals surface area contributed by atoms with Crippen molar-refractivity contribution in [3.05, 3.63) is 83.1 Å².